The second-order valence-electron chi connectivity index (χ2n) is 14.3. The summed E-state index contributed by atoms with van der Waals surface area (Å²) in [5.74, 6) is 0. The second-order valence-corrected chi connectivity index (χ2v) is 14.3. The van der Waals surface area contributed by atoms with Crippen LogP contribution in [0.3, 0.4) is 0 Å². The van der Waals surface area contributed by atoms with Crippen molar-refractivity contribution >= 4 is 11.4 Å². The van der Waals surface area contributed by atoms with Crippen LogP contribution in [0.4, 0.5) is 0 Å². The summed E-state index contributed by atoms with van der Waals surface area (Å²) in [6.07, 6.45) is 32.1. The first-order chi connectivity index (χ1) is 25.0. The maximum Gasteiger partial charge on any atom is 2.00 e. The third kappa shape index (κ3) is 19.2. The van der Waals surface area contributed by atoms with E-state index >= 15 is 0 Å². The molecule has 0 amide bonds. The maximum absolute atomic E-state index is 12.2. The Kier molecular flexibility index (Phi) is 31.9. The van der Waals surface area contributed by atoms with E-state index in [0.717, 1.165) is 69.2 Å². The van der Waals surface area contributed by atoms with Crippen molar-refractivity contribution in [3.05, 3.63) is 113 Å². The number of hydrogen-bond donors (Lipinski definition) is 0. The predicted molar refractivity (Wildman–Crippen MR) is 229 cm³/mol. The summed E-state index contributed by atoms with van der Waals surface area (Å²) < 4.78 is 1.60. The van der Waals surface area contributed by atoms with Crippen LogP contribution >= 0.6 is 0 Å². The minimum Gasteiger partial charge on any atom is -0.493 e. The fourth-order valence-electron chi connectivity index (χ4n) is 6.79. The van der Waals surface area contributed by atoms with Gasteiger partial charge in [-0.2, -0.15) is 12.8 Å². The molecule has 3 rings (SSSR count). The van der Waals surface area contributed by atoms with Crippen LogP contribution in [0.5, 0.6) is 0 Å². The third-order valence-electron chi connectivity index (χ3n) is 9.43. The quantitative estimate of drug-likeness (QED) is 0.0335. The van der Waals surface area contributed by atoms with Crippen LogP contribution in [-0.4, -0.2) is 4.70 Å². The van der Waals surface area contributed by atoms with Crippen LogP contribution in [0, 0.1) is 13.8 Å². The molecular formula is C49H78N2Ni. The number of rotatable bonds is 24. The molecule has 0 radical (unpaired) electrons. The van der Waals surface area contributed by atoms with Gasteiger partial charge in [-0.1, -0.05) is 155 Å². The molecule has 0 aliphatic carbocycles. The molecule has 1 aliphatic heterocycles. The predicted octanol–water partition coefficient (Wildman–Crippen LogP) is 16.4. The minimum atomic E-state index is 0. The van der Waals surface area contributed by atoms with Crippen LogP contribution in [0.2, 0.25) is 0 Å². The zero-order valence-electron chi connectivity index (χ0n) is 34.7. The fourth-order valence-corrected chi connectivity index (χ4v) is 6.79. The number of unbranched alkanes of at least 4 members (excludes halogenated alkanes) is 12. The van der Waals surface area contributed by atoms with E-state index in [9.17, 15) is 5.53 Å². The molecule has 1 heterocycles. The van der Waals surface area contributed by atoms with E-state index in [-0.39, 0.29) is 16.5 Å². The van der Waals surface area contributed by atoms with Crippen LogP contribution in [-0.2, 0) is 29.3 Å². The van der Waals surface area contributed by atoms with Crippen molar-refractivity contribution in [2.24, 2.45) is 0 Å². The van der Waals surface area contributed by atoms with Crippen molar-refractivity contribution in [1.82, 2.24) is 0 Å². The molecule has 0 bridgehead atoms. The van der Waals surface area contributed by atoms with E-state index in [0.29, 0.717) is 0 Å². The first-order valence-electron chi connectivity index (χ1n) is 21.4. The van der Waals surface area contributed by atoms with Crippen molar-refractivity contribution in [3.8, 4) is 0 Å². The average Bonchev–Trinajstić information content (AvgIpc) is 3.41. The first-order valence-corrected chi connectivity index (χ1v) is 21.4. The largest absolute Gasteiger partial charge is 2.00 e. The molecule has 0 spiro atoms. The van der Waals surface area contributed by atoms with Gasteiger partial charge in [-0.3, -0.25) is 0 Å². The summed E-state index contributed by atoms with van der Waals surface area (Å²) in [5, 5.41) is 0. The summed E-state index contributed by atoms with van der Waals surface area (Å²) in [4.78, 5) is 0. The number of nitrogens with zero attached hydrogens (tertiary/aromatic N) is 2. The van der Waals surface area contributed by atoms with Gasteiger partial charge in [-0.15, -0.1) is 0 Å². The normalized spacial score (nSPS) is 12.5. The van der Waals surface area contributed by atoms with Crippen molar-refractivity contribution in [1.29, 1.82) is 0 Å². The van der Waals surface area contributed by atoms with E-state index < -0.39 is 0 Å². The zero-order valence-corrected chi connectivity index (χ0v) is 35.6. The Labute approximate surface area is 333 Å². The second kappa shape index (κ2) is 33.3. The Morgan fingerprint density at radius 2 is 1.06 bits per heavy atom. The molecule has 0 atom stereocenters. The molecule has 0 aromatic heterocycles. The van der Waals surface area contributed by atoms with Gasteiger partial charge in [0.05, 0.1) is 0 Å². The Bertz CT molecular complexity index is 1280. The molecule has 52 heavy (non-hydrogen) atoms. The smallest absolute Gasteiger partial charge is 0.493 e. The Balaban J connectivity index is 0.00000347. The van der Waals surface area contributed by atoms with Crippen LogP contribution in [0.25, 0.3) is 16.9 Å². The van der Waals surface area contributed by atoms with E-state index in [1.165, 1.54) is 123 Å². The zero-order chi connectivity index (χ0) is 37.5. The molecule has 0 fully saturated rings. The van der Waals surface area contributed by atoms with Crippen molar-refractivity contribution in [3.63, 3.8) is 0 Å². The molecule has 1 aliphatic rings. The molecule has 2 nitrogen and oxygen atoms in total. The minimum absolute atomic E-state index is 0. The standard InChI is InChI=1S/C43H64N2.2C3H7.Ni/c1-5-9-13-16-18-20-22-29-37-30-24-25-33-39(37)43-41(32-12-8-4)40(34-23-15-11-7-3)42(45(43)44)38-31-26-28-36(35-38)27-21-19-17-14-10-6-2;2*1-3-2;/h18,20,24-26,28,30-31,33,35H,5-17,19,21-23,27,29,32,34H2,1-4H3;2*1,3H2,2H3;/q;2*-1;+2. The Hall–Kier alpha value is -2.25. The van der Waals surface area contributed by atoms with Crippen molar-refractivity contribution in [2.45, 2.75) is 189 Å². The molecule has 294 valence electrons. The van der Waals surface area contributed by atoms with E-state index in [1.54, 1.807) is 4.70 Å². The van der Waals surface area contributed by atoms with E-state index in [2.05, 4.69) is 102 Å². The van der Waals surface area contributed by atoms with Gasteiger partial charge in [-0.05, 0) is 93.5 Å². The molecule has 0 saturated heterocycles. The van der Waals surface area contributed by atoms with Gasteiger partial charge in [0.1, 0.15) is 0 Å². The SMILES string of the molecule is CCCCCC=CCCc1ccccc1C1=C(CCCC)C(CCCCCC)=C(c2cccc(CCCCCCCC)c2)[N+]1=[N-].[CH2-]CC.[CH2-]CC.[Ni+2]. The average molecular weight is 754 g/mol. The monoisotopic (exact) mass is 753 g/mol. The number of allylic oxidation sites excluding steroid dienone is 4. The summed E-state index contributed by atoms with van der Waals surface area (Å²) >= 11 is 0. The third-order valence-corrected chi connectivity index (χ3v) is 9.43. The van der Waals surface area contributed by atoms with Crippen molar-refractivity contribution in [2.75, 3.05) is 0 Å². The first kappa shape index (κ1) is 49.8. The van der Waals surface area contributed by atoms with Crippen LogP contribution in [0.15, 0.2) is 71.8 Å². The van der Waals surface area contributed by atoms with Gasteiger partial charge in [-0.25, -0.2) is 4.70 Å². The van der Waals surface area contributed by atoms with Gasteiger partial charge in [0.15, 0.2) is 0 Å². The summed E-state index contributed by atoms with van der Waals surface area (Å²) in [6, 6.07) is 17.9. The van der Waals surface area contributed by atoms with Gasteiger partial charge in [0.2, 0.25) is 11.4 Å². The number of hydrogen-bond acceptors (Lipinski definition) is 0. The Morgan fingerprint density at radius 1 is 0.538 bits per heavy atom. The van der Waals surface area contributed by atoms with Crippen LogP contribution in [0.1, 0.15) is 199 Å². The fraction of sp³-hybridized carbons (Fsp3) is 0.592. The molecule has 0 N–H and O–H groups in total. The topological polar surface area (TPSA) is 25.3 Å². The van der Waals surface area contributed by atoms with Crippen LogP contribution < -0.4 is 0 Å². The Morgan fingerprint density at radius 3 is 1.73 bits per heavy atom. The number of aryl methyl sites for hydroxylation is 2. The van der Waals surface area contributed by atoms with Crippen molar-refractivity contribution < 1.29 is 21.2 Å². The number of benzene rings is 2. The molecule has 0 saturated carbocycles. The van der Waals surface area contributed by atoms with Gasteiger partial charge >= 0.3 is 16.5 Å². The van der Waals surface area contributed by atoms with Gasteiger partial charge in [0.25, 0.3) is 0 Å². The summed E-state index contributed by atoms with van der Waals surface area (Å²) in [6.45, 7) is 20.1. The molecule has 3 heteroatoms. The van der Waals surface area contributed by atoms with Gasteiger partial charge < -0.3 is 19.4 Å². The van der Waals surface area contributed by atoms with Gasteiger partial charge in [0, 0.05) is 22.3 Å². The summed E-state index contributed by atoms with van der Waals surface area (Å²) in [5.41, 5.74) is 22.1. The molecule has 2 aromatic rings. The molecule has 0 unspecified atom stereocenters. The van der Waals surface area contributed by atoms with E-state index in [1.807, 2.05) is 13.8 Å². The molecule has 2 aromatic carbocycles. The maximum atomic E-state index is 12.2. The summed E-state index contributed by atoms with van der Waals surface area (Å²) in [7, 11) is 0. The van der Waals surface area contributed by atoms with E-state index in [4.69, 9.17) is 0 Å². The molecular weight excluding hydrogens is 675 g/mol.